The van der Waals surface area contributed by atoms with Gasteiger partial charge < -0.3 is 0 Å². The molecule has 0 aromatic rings. The van der Waals surface area contributed by atoms with E-state index in [0.29, 0.717) is 5.78 Å². The lowest BCUT2D eigenvalue weighted by Gasteiger charge is -1.52. The van der Waals surface area contributed by atoms with Gasteiger partial charge in [-0.25, -0.2) is 0 Å². The first-order chi connectivity index (χ1) is 2.27. The van der Waals surface area contributed by atoms with Gasteiger partial charge in [-0.1, -0.05) is 0 Å². The average Bonchev–Trinajstić information content (AvgIpc) is 1.38. The normalized spacial score (nSPS) is 6.80. The van der Waals surface area contributed by atoms with Crippen molar-refractivity contribution in [1.29, 1.82) is 0 Å². The quantitative estimate of drug-likeness (QED) is 0.255. The second kappa shape index (κ2) is 1.76. The minimum Gasteiger partial charge on any atom is -0.152 e. The van der Waals surface area contributed by atoms with Crippen molar-refractivity contribution in [3.63, 3.8) is 0 Å². The van der Waals surface area contributed by atoms with E-state index < -0.39 is 0 Å². The molecule has 0 atom stereocenters. The first-order valence-electron chi connectivity index (χ1n) is 1.39. The minimum absolute atomic E-state index is 0.560. The van der Waals surface area contributed by atoms with Gasteiger partial charge in [0.1, 0.15) is 0 Å². The summed E-state index contributed by atoms with van der Waals surface area (Å²) in [6.45, 7) is 3.33. The van der Waals surface area contributed by atoms with Crippen LogP contribution in [0.25, 0.3) is 0 Å². The molecule has 0 radical (unpaired) electrons. The Morgan fingerprint density at radius 1 is 1.60 bits per heavy atom. The Labute approximate surface area is 30.7 Å². The summed E-state index contributed by atoms with van der Waals surface area (Å²) in [5.41, 5.74) is 0. The fraction of sp³-hybridized carbons (Fsp3) is 0.667. The Morgan fingerprint density at radius 2 is 1.80 bits per heavy atom. The van der Waals surface area contributed by atoms with Crippen LogP contribution in [0.2, 0.25) is 0 Å². The smallest absolute Gasteiger partial charge is 0.152 e. The van der Waals surface area contributed by atoms with Crippen molar-refractivity contribution in [3.05, 3.63) is 0 Å². The van der Waals surface area contributed by atoms with Crippen LogP contribution in [0.1, 0.15) is 13.8 Å². The third kappa shape index (κ3) is 3.47. The Morgan fingerprint density at radius 3 is 1.80 bits per heavy atom. The molecule has 5 heavy (non-hydrogen) atoms. The van der Waals surface area contributed by atoms with E-state index in [1.165, 1.54) is 0 Å². The summed E-state index contributed by atoms with van der Waals surface area (Å²) in [4.78, 5) is 0. The van der Waals surface area contributed by atoms with Crippen molar-refractivity contribution in [1.82, 2.24) is 0 Å². The van der Waals surface area contributed by atoms with Gasteiger partial charge in [-0.3, -0.25) is 0 Å². The van der Waals surface area contributed by atoms with Crippen molar-refractivity contribution < 1.29 is 9.83 Å². The molecular formula is C3H7O2+. The van der Waals surface area contributed by atoms with Crippen LogP contribution in [0.5, 0.6) is 0 Å². The summed E-state index contributed by atoms with van der Waals surface area (Å²) in [5, 5.41) is 7.61. The maximum absolute atomic E-state index is 7.61. The van der Waals surface area contributed by atoms with Crippen molar-refractivity contribution >= 4 is 5.78 Å². The molecule has 30 valence electrons. The fourth-order valence-electron chi connectivity index (χ4n) is 0. The highest BCUT2D eigenvalue weighted by Crippen LogP contribution is 1.56. The van der Waals surface area contributed by atoms with Crippen LogP contribution in [0.15, 0.2) is 0 Å². The SMILES string of the molecule is CC(C)=[O+]O. The van der Waals surface area contributed by atoms with Crippen molar-refractivity contribution in [3.8, 4) is 0 Å². The first kappa shape index (κ1) is 4.47. The van der Waals surface area contributed by atoms with E-state index in [2.05, 4.69) is 4.58 Å². The van der Waals surface area contributed by atoms with Crippen molar-refractivity contribution in [2.45, 2.75) is 13.8 Å². The van der Waals surface area contributed by atoms with E-state index in [4.69, 9.17) is 5.26 Å². The van der Waals surface area contributed by atoms with E-state index in [1.54, 1.807) is 13.8 Å². The van der Waals surface area contributed by atoms with Crippen LogP contribution < -0.4 is 0 Å². The van der Waals surface area contributed by atoms with E-state index in [-0.39, 0.29) is 0 Å². The molecule has 0 spiro atoms. The highest BCUT2D eigenvalue weighted by Gasteiger charge is 1.86. The zero-order valence-electron chi connectivity index (χ0n) is 3.36. The first-order valence-corrected chi connectivity index (χ1v) is 1.39. The summed E-state index contributed by atoms with van der Waals surface area (Å²) in [7, 11) is 0. The Hall–Kier alpha value is -0.530. The molecule has 0 aliphatic rings. The van der Waals surface area contributed by atoms with Gasteiger partial charge in [0.2, 0.25) is 0 Å². The number of carbonyl (C=O) groups excluding carboxylic acids is 1. The second-order valence-corrected chi connectivity index (χ2v) is 1.000. The standard InChI is InChI=1S/C3H7O2/c1-3(2)5-4/h4H,1-2H3/q+1. The van der Waals surface area contributed by atoms with Crippen LogP contribution in [-0.4, -0.2) is 11.0 Å². The molecule has 0 rings (SSSR count). The van der Waals surface area contributed by atoms with Gasteiger partial charge in [-0.2, -0.15) is 5.26 Å². The zero-order chi connectivity index (χ0) is 4.28. The molecule has 0 aromatic heterocycles. The predicted octanol–water partition coefficient (Wildman–Crippen LogP) is 0.604. The minimum atomic E-state index is 0.560. The third-order valence-electron chi connectivity index (χ3n) is 0.183. The number of rotatable bonds is 0. The molecule has 0 unspecified atom stereocenters. The van der Waals surface area contributed by atoms with E-state index in [9.17, 15) is 0 Å². The van der Waals surface area contributed by atoms with Crippen molar-refractivity contribution in [2.24, 2.45) is 0 Å². The average molecular weight is 75.1 g/mol. The highest BCUT2D eigenvalue weighted by atomic mass is 17.1. The van der Waals surface area contributed by atoms with Gasteiger partial charge in [-0.15, -0.1) is 0 Å². The summed E-state index contributed by atoms with van der Waals surface area (Å²) in [6, 6.07) is 0. The van der Waals surface area contributed by atoms with Crippen LogP contribution in [0, 0.1) is 0 Å². The van der Waals surface area contributed by atoms with Gasteiger partial charge >= 0.3 is 5.78 Å². The monoisotopic (exact) mass is 75.0 g/mol. The maximum atomic E-state index is 7.61. The molecule has 0 aliphatic heterocycles. The molecule has 0 aromatic carbocycles. The summed E-state index contributed by atoms with van der Waals surface area (Å²) < 4.78 is 3.67. The van der Waals surface area contributed by atoms with Crippen LogP contribution in [0.3, 0.4) is 0 Å². The Balaban J connectivity index is 3.14. The maximum Gasteiger partial charge on any atom is 0.379 e. The largest absolute Gasteiger partial charge is 0.379 e. The molecule has 1 N–H and O–H groups in total. The predicted molar refractivity (Wildman–Crippen MR) is 19.0 cm³/mol. The Bertz CT molecular complexity index is 42.9. The summed E-state index contributed by atoms with van der Waals surface area (Å²) in [5.74, 6) is 0.560. The number of hydrogen-bond acceptors (Lipinski definition) is 1. The van der Waals surface area contributed by atoms with Crippen molar-refractivity contribution in [2.75, 3.05) is 0 Å². The third-order valence-corrected chi connectivity index (χ3v) is 0.183. The lowest BCUT2D eigenvalue weighted by Crippen LogP contribution is -1.81. The molecule has 2 nitrogen and oxygen atoms in total. The molecule has 0 amide bonds. The number of hydrogen-bond donors (Lipinski definition) is 1. The van der Waals surface area contributed by atoms with Crippen LogP contribution in [-0.2, 0) is 4.58 Å². The summed E-state index contributed by atoms with van der Waals surface area (Å²) >= 11 is 0. The molecule has 0 saturated carbocycles. The zero-order valence-corrected chi connectivity index (χ0v) is 3.36. The summed E-state index contributed by atoms with van der Waals surface area (Å²) in [6.07, 6.45) is 0. The number of ketones is 1. The Kier molecular flexibility index (Phi) is 1.57. The molecule has 2 heteroatoms. The van der Waals surface area contributed by atoms with Crippen LogP contribution >= 0.6 is 0 Å². The van der Waals surface area contributed by atoms with Gasteiger partial charge in [0.05, 0.1) is 13.8 Å². The molecule has 0 saturated heterocycles. The van der Waals surface area contributed by atoms with Gasteiger partial charge in [0, 0.05) is 4.58 Å². The lowest BCUT2D eigenvalue weighted by molar-refractivity contribution is -0.738. The molecule has 0 bridgehead atoms. The molecule has 0 aliphatic carbocycles. The highest BCUT2D eigenvalue weighted by molar-refractivity contribution is 5.72. The lowest BCUT2D eigenvalue weighted by atomic mass is 10.5. The fourth-order valence-corrected chi connectivity index (χ4v) is 0. The molecule has 0 heterocycles. The van der Waals surface area contributed by atoms with Gasteiger partial charge in [-0.05, 0) is 0 Å². The van der Waals surface area contributed by atoms with Gasteiger partial charge in [0.25, 0.3) is 0 Å². The second-order valence-electron chi connectivity index (χ2n) is 1.000. The van der Waals surface area contributed by atoms with E-state index >= 15 is 0 Å². The van der Waals surface area contributed by atoms with Crippen LogP contribution in [0.4, 0.5) is 0 Å². The molecule has 0 fully saturated rings. The van der Waals surface area contributed by atoms with E-state index in [0.717, 1.165) is 0 Å². The topological polar surface area (TPSA) is 31.5 Å². The van der Waals surface area contributed by atoms with Gasteiger partial charge in [0.15, 0.2) is 0 Å². The van der Waals surface area contributed by atoms with E-state index in [1.807, 2.05) is 0 Å². The molecular weight excluding hydrogens is 68.0 g/mol.